The van der Waals surface area contributed by atoms with Crippen molar-refractivity contribution in [2.45, 2.75) is 6.54 Å². The molecule has 0 saturated carbocycles. The van der Waals surface area contributed by atoms with Gasteiger partial charge in [-0.05, 0) is 29.8 Å². The summed E-state index contributed by atoms with van der Waals surface area (Å²) in [4.78, 5) is 15.9. The average molecular weight is 386 g/mol. The Morgan fingerprint density at radius 2 is 1.95 bits per heavy atom. The number of hydrogen-bond donors (Lipinski definition) is 1. The maximum Gasteiger partial charge on any atom is 0.253 e. The van der Waals surface area contributed by atoms with Crippen molar-refractivity contribution in [3.8, 4) is 11.5 Å². The Morgan fingerprint density at radius 3 is 2.55 bits per heavy atom. The number of halogens is 2. The van der Waals surface area contributed by atoms with Crippen LogP contribution in [0, 0.1) is 0 Å². The molecular weight excluding hydrogens is 372 g/mol. The van der Waals surface area contributed by atoms with Gasteiger partial charge in [0, 0.05) is 17.2 Å². The first-order valence-electron chi connectivity index (χ1n) is 6.35. The van der Waals surface area contributed by atoms with E-state index >= 15 is 0 Å². The molecule has 0 fully saturated rings. The number of amides is 1. The number of nitrogens with zero attached hydrogens (tertiary/aromatic N) is 1. The third kappa shape index (κ3) is 3.90. The maximum atomic E-state index is 12.1. The second-order valence-corrected chi connectivity index (χ2v) is 5.59. The molecule has 2 aromatic rings. The smallest absolute Gasteiger partial charge is 0.253 e. The summed E-state index contributed by atoms with van der Waals surface area (Å²) in [5.74, 6) is 0.986. The van der Waals surface area contributed by atoms with Crippen LogP contribution in [0.4, 0.5) is 0 Å². The number of aromatic nitrogens is 1. The maximum absolute atomic E-state index is 12.1. The quantitative estimate of drug-likeness (QED) is 0.801. The van der Waals surface area contributed by atoms with Crippen molar-refractivity contribution in [2.24, 2.45) is 0 Å². The molecule has 2 rings (SSSR count). The third-order valence-corrected chi connectivity index (χ3v) is 3.94. The molecule has 0 aliphatic carbocycles. The van der Waals surface area contributed by atoms with Crippen LogP contribution in [0.15, 0.2) is 34.9 Å². The number of pyridine rings is 1. The van der Waals surface area contributed by atoms with Crippen molar-refractivity contribution in [1.82, 2.24) is 10.3 Å². The highest BCUT2D eigenvalue weighted by molar-refractivity contribution is 9.10. The van der Waals surface area contributed by atoms with Gasteiger partial charge in [0.25, 0.3) is 5.91 Å². The SMILES string of the molecule is COc1cc(Br)c(CNC(=O)c2ccc(Cl)nc2)cc1OC. The highest BCUT2D eigenvalue weighted by atomic mass is 79.9. The molecule has 0 radical (unpaired) electrons. The van der Waals surface area contributed by atoms with Crippen LogP contribution >= 0.6 is 27.5 Å². The van der Waals surface area contributed by atoms with Crippen LogP contribution in [0.5, 0.6) is 11.5 Å². The third-order valence-electron chi connectivity index (χ3n) is 2.98. The summed E-state index contributed by atoms with van der Waals surface area (Å²) < 4.78 is 11.3. The van der Waals surface area contributed by atoms with E-state index in [0.717, 1.165) is 10.0 Å². The van der Waals surface area contributed by atoms with Gasteiger partial charge in [-0.3, -0.25) is 4.79 Å². The predicted octanol–water partition coefficient (Wildman–Crippen LogP) is 3.44. The predicted molar refractivity (Wildman–Crippen MR) is 87.7 cm³/mol. The van der Waals surface area contributed by atoms with Crippen LogP contribution in [-0.4, -0.2) is 25.1 Å². The fourth-order valence-electron chi connectivity index (χ4n) is 1.82. The van der Waals surface area contributed by atoms with Crippen molar-refractivity contribution < 1.29 is 14.3 Å². The minimum absolute atomic E-state index is 0.231. The van der Waals surface area contributed by atoms with Gasteiger partial charge in [-0.15, -0.1) is 0 Å². The molecule has 116 valence electrons. The molecule has 22 heavy (non-hydrogen) atoms. The monoisotopic (exact) mass is 384 g/mol. The number of nitrogens with one attached hydrogen (secondary N) is 1. The zero-order chi connectivity index (χ0) is 16.1. The fourth-order valence-corrected chi connectivity index (χ4v) is 2.39. The Balaban J connectivity index is 2.11. The Kier molecular flexibility index (Phi) is 5.63. The van der Waals surface area contributed by atoms with Crippen LogP contribution in [0.1, 0.15) is 15.9 Å². The Labute approximate surface area is 141 Å². The molecule has 1 amide bonds. The summed E-state index contributed by atoms with van der Waals surface area (Å²) in [6.45, 7) is 0.336. The zero-order valence-corrected chi connectivity index (χ0v) is 14.4. The number of benzene rings is 1. The summed E-state index contributed by atoms with van der Waals surface area (Å²) >= 11 is 9.15. The van der Waals surface area contributed by atoms with Gasteiger partial charge in [0.1, 0.15) is 5.15 Å². The van der Waals surface area contributed by atoms with Crippen molar-refractivity contribution in [2.75, 3.05) is 14.2 Å². The molecule has 0 unspecified atom stereocenters. The van der Waals surface area contributed by atoms with E-state index in [1.165, 1.54) is 6.20 Å². The Hall–Kier alpha value is -1.79. The van der Waals surface area contributed by atoms with Gasteiger partial charge in [-0.25, -0.2) is 4.98 Å². The molecule has 0 aliphatic heterocycles. The zero-order valence-electron chi connectivity index (χ0n) is 12.0. The standard InChI is InChI=1S/C15H14BrClN2O3/c1-21-12-5-10(11(16)6-13(12)22-2)8-19-15(20)9-3-4-14(17)18-7-9/h3-7H,8H2,1-2H3,(H,19,20). The van der Waals surface area contributed by atoms with E-state index in [4.69, 9.17) is 21.1 Å². The van der Waals surface area contributed by atoms with Gasteiger partial charge in [0.2, 0.25) is 0 Å². The molecule has 0 aliphatic rings. The van der Waals surface area contributed by atoms with Gasteiger partial charge < -0.3 is 14.8 Å². The molecule has 1 aromatic heterocycles. The molecule has 1 aromatic carbocycles. The summed E-state index contributed by atoms with van der Waals surface area (Å²) in [7, 11) is 3.13. The summed E-state index contributed by atoms with van der Waals surface area (Å²) in [6.07, 6.45) is 1.43. The van der Waals surface area contributed by atoms with E-state index in [9.17, 15) is 4.79 Å². The van der Waals surface area contributed by atoms with E-state index in [1.807, 2.05) is 6.07 Å². The Morgan fingerprint density at radius 1 is 1.27 bits per heavy atom. The van der Waals surface area contributed by atoms with Crippen LogP contribution in [0.2, 0.25) is 5.15 Å². The molecule has 0 bridgehead atoms. The minimum atomic E-state index is -0.231. The minimum Gasteiger partial charge on any atom is -0.493 e. The second-order valence-electron chi connectivity index (χ2n) is 4.35. The largest absolute Gasteiger partial charge is 0.493 e. The van der Waals surface area contributed by atoms with E-state index in [-0.39, 0.29) is 5.91 Å². The summed E-state index contributed by atoms with van der Waals surface area (Å²) in [5, 5.41) is 3.16. The molecular formula is C15H14BrClN2O3. The lowest BCUT2D eigenvalue weighted by Crippen LogP contribution is -2.23. The van der Waals surface area contributed by atoms with E-state index in [0.29, 0.717) is 28.8 Å². The number of rotatable bonds is 5. The lowest BCUT2D eigenvalue weighted by atomic mass is 10.2. The van der Waals surface area contributed by atoms with Crippen LogP contribution in [-0.2, 0) is 6.54 Å². The first-order valence-corrected chi connectivity index (χ1v) is 7.52. The highest BCUT2D eigenvalue weighted by Gasteiger charge is 2.11. The van der Waals surface area contributed by atoms with Gasteiger partial charge in [-0.1, -0.05) is 27.5 Å². The van der Waals surface area contributed by atoms with Crippen molar-refractivity contribution >= 4 is 33.4 Å². The van der Waals surface area contributed by atoms with Crippen LogP contribution < -0.4 is 14.8 Å². The fraction of sp³-hybridized carbons (Fsp3) is 0.200. The van der Waals surface area contributed by atoms with Crippen molar-refractivity contribution in [3.63, 3.8) is 0 Å². The highest BCUT2D eigenvalue weighted by Crippen LogP contribution is 2.33. The second kappa shape index (κ2) is 7.47. The Bertz CT molecular complexity index is 677. The lowest BCUT2D eigenvalue weighted by molar-refractivity contribution is 0.0950. The summed E-state index contributed by atoms with van der Waals surface area (Å²) in [6, 6.07) is 6.80. The van der Waals surface area contributed by atoms with Crippen molar-refractivity contribution in [3.05, 3.63) is 51.2 Å². The topological polar surface area (TPSA) is 60.5 Å². The van der Waals surface area contributed by atoms with E-state index in [2.05, 4.69) is 26.2 Å². The normalized spacial score (nSPS) is 10.2. The van der Waals surface area contributed by atoms with E-state index < -0.39 is 0 Å². The molecule has 5 nitrogen and oxygen atoms in total. The molecule has 1 heterocycles. The van der Waals surface area contributed by atoms with Gasteiger partial charge in [0.15, 0.2) is 11.5 Å². The first kappa shape index (κ1) is 16.6. The van der Waals surface area contributed by atoms with Crippen LogP contribution in [0.3, 0.4) is 0 Å². The number of carbonyl (C=O) groups excluding carboxylic acids is 1. The molecule has 1 N–H and O–H groups in total. The summed E-state index contributed by atoms with van der Waals surface area (Å²) in [5.41, 5.74) is 1.31. The molecule has 0 saturated heterocycles. The molecule has 0 atom stereocenters. The van der Waals surface area contributed by atoms with Gasteiger partial charge in [0.05, 0.1) is 19.8 Å². The number of ether oxygens (including phenoxy) is 2. The van der Waals surface area contributed by atoms with Crippen molar-refractivity contribution in [1.29, 1.82) is 0 Å². The average Bonchev–Trinajstić information content (AvgIpc) is 2.53. The molecule has 0 spiro atoms. The molecule has 7 heteroatoms. The number of carbonyl (C=O) groups is 1. The van der Waals surface area contributed by atoms with Gasteiger partial charge in [-0.2, -0.15) is 0 Å². The first-order chi connectivity index (χ1) is 10.5. The van der Waals surface area contributed by atoms with Crippen LogP contribution in [0.25, 0.3) is 0 Å². The van der Waals surface area contributed by atoms with Gasteiger partial charge >= 0.3 is 0 Å². The van der Waals surface area contributed by atoms with E-state index in [1.54, 1.807) is 32.4 Å². The number of methoxy groups -OCH3 is 2. The number of hydrogen-bond acceptors (Lipinski definition) is 4. The lowest BCUT2D eigenvalue weighted by Gasteiger charge is -2.12.